The van der Waals surface area contributed by atoms with Gasteiger partial charge in [-0.3, -0.25) is 4.79 Å². The molecule has 1 saturated carbocycles. The highest BCUT2D eigenvalue weighted by Gasteiger charge is 2.30. The maximum absolute atomic E-state index is 14.3. The van der Waals surface area contributed by atoms with Crippen molar-refractivity contribution in [2.24, 2.45) is 0 Å². The molecule has 4 rings (SSSR count). The van der Waals surface area contributed by atoms with E-state index in [-0.39, 0.29) is 33.4 Å². The van der Waals surface area contributed by atoms with Gasteiger partial charge in [-0.2, -0.15) is 0 Å². The fourth-order valence-corrected chi connectivity index (χ4v) is 3.99. The number of ketones is 1. The van der Waals surface area contributed by atoms with E-state index in [0.717, 1.165) is 24.2 Å². The Hall–Kier alpha value is -2.93. The number of Topliss-reactive ketones (excluding diaryl/α,β-unsaturated/α-hetero) is 1. The van der Waals surface area contributed by atoms with E-state index in [9.17, 15) is 14.0 Å². The second-order valence-electron chi connectivity index (χ2n) is 7.44. The van der Waals surface area contributed by atoms with Crippen LogP contribution in [0.3, 0.4) is 0 Å². The van der Waals surface area contributed by atoms with Gasteiger partial charge in [0.25, 0.3) is 0 Å². The van der Waals surface area contributed by atoms with Gasteiger partial charge in [0.1, 0.15) is 22.8 Å². The monoisotopic (exact) mass is 430 g/mol. The molecule has 3 aromatic rings. The molecule has 1 aliphatic carbocycles. The summed E-state index contributed by atoms with van der Waals surface area (Å²) in [4.78, 5) is 25.4. The van der Waals surface area contributed by atoms with Gasteiger partial charge in [0.15, 0.2) is 6.61 Å². The van der Waals surface area contributed by atoms with Crippen molar-refractivity contribution in [1.82, 2.24) is 9.72 Å². The Morgan fingerprint density at radius 2 is 2.03 bits per heavy atom. The van der Waals surface area contributed by atoms with E-state index in [1.807, 2.05) is 19.9 Å². The van der Waals surface area contributed by atoms with E-state index in [1.54, 1.807) is 0 Å². The first-order valence-electron chi connectivity index (χ1n) is 9.59. The molecule has 1 aliphatic rings. The van der Waals surface area contributed by atoms with Crippen molar-refractivity contribution in [1.29, 1.82) is 0 Å². The van der Waals surface area contributed by atoms with Gasteiger partial charge in [-0.25, -0.2) is 9.18 Å². The highest BCUT2D eigenvalue weighted by atomic mass is 35.5. The summed E-state index contributed by atoms with van der Waals surface area (Å²) in [7, 11) is 0. The summed E-state index contributed by atoms with van der Waals surface area (Å²) in [5.74, 6) is -1.63. The lowest BCUT2D eigenvalue weighted by molar-refractivity contribution is 0.0473. The van der Waals surface area contributed by atoms with Crippen LogP contribution in [0, 0.1) is 26.6 Å². The molecular weight excluding hydrogens is 411 g/mol. The maximum Gasteiger partial charge on any atom is 0.344 e. The van der Waals surface area contributed by atoms with Crippen LogP contribution in [0.4, 0.5) is 4.39 Å². The van der Waals surface area contributed by atoms with Gasteiger partial charge in [-0.05, 0) is 51.8 Å². The molecule has 0 bridgehead atoms. The first-order valence-corrected chi connectivity index (χ1v) is 9.96. The summed E-state index contributed by atoms with van der Waals surface area (Å²) in [6.07, 6.45) is 2.21. The lowest BCUT2D eigenvalue weighted by Crippen LogP contribution is -2.16. The molecule has 0 saturated heterocycles. The van der Waals surface area contributed by atoms with E-state index in [4.69, 9.17) is 20.9 Å². The number of aromatic nitrogens is 2. The minimum atomic E-state index is -0.826. The molecule has 0 atom stereocenters. The number of carbonyl (C=O) groups excluding carboxylic acids is 2. The molecule has 0 aliphatic heterocycles. The van der Waals surface area contributed by atoms with Gasteiger partial charge < -0.3 is 13.8 Å². The molecule has 0 spiro atoms. The standard InChI is InChI=1S/C22H20ClFN2O4/c1-11-9-15(12(2)26(11)14-7-8-14)18(27)10-29-22(28)19-13(3)30-25-21(19)20-16(23)5-4-6-17(20)24/h4-6,9,14H,7-8,10H2,1-3H3. The summed E-state index contributed by atoms with van der Waals surface area (Å²) < 4.78 is 26.8. The van der Waals surface area contributed by atoms with E-state index >= 15 is 0 Å². The Bertz CT molecular complexity index is 1140. The molecule has 0 unspecified atom stereocenters. The maximum atomic E-state index is 14.3. The average Bonchev–Trinajstić information content (AvgIpc) is 3.38. The van der Waals surface area contributed by atoms with Crippen LogP contribution in [0.1, 0.15) is 56.7 Å². The van der Waals surface area contributed by atoms with E-state index in [0.29, 0.717) is 11.6 Å². The van der Waals surface area contributed by atoms with Crippen LogP contribution in [0.5, 0.6) is 0 Å². The summed E-state index contributed by atoms with van der Waals surface area (Å²) >= 11 is 6.09. The largest absolute Gasteiger partial charge is 0.454 e. The molecule has 1 aromatic carbocycles. The summed E-state index contributed by atoms with van der Waals surface area (Å²) in [6.45, 7) is 4.91. The molecule has 8 heteroatoms. The van der Waals surface area contributed by atoms with Crippen molar-refractivity contribution >= 4 is 23.4 Å². The van der Waals surface area contributed by atoms with Crippen molar-refractivity contribution in [2.75, 3.05) is 6.61 Å². The van der Waals surface area contributed by atoms with Gasteiger partial charge in [-0.15, -0.1) is 0 Å². The zero-order chi connectivity index (χ0) is 21.6. The van der Waals surface area contributed by atoms with Crippen molar-refractivity contribution in [3.8, 4) is 11.3 Å². The fourth-order valence-electron chi connectivity index (χ4n) is 3.74. The second-order valence-corrected chi connectivity index (χ2v) is 7.85. The molecule has 0 N–H and O–H groups in total. The Kier molecular flexibility index (Phi) is 5.24. The van der Waals surface area contributed by atoms with Crippen molar-refractivity contribution in [3.05, 3.63) is 63.4 Å². The zero-order valence-corrected chi connectivity index (χ0v) is 17.5. The summed E-state index contributed by atoms with van der Waals surface area (Å²) in [5, 5.41) is 3.87. The Morgan fingerprint density at radius 1 is 1.30 bits per heavy atom. The first kappa shape index (κ1) is 20.3. The van der Waals surface area contributed by atoms with Gasteiger partial charge >= 0.3 is 5.97 Å². The number of nitrogens with zero attached hydrogens (tertiary/aromatic N) is 2. The number of benzene rings is 1. The van der Waals surface area contributed by atoms with Crippen molar-refractivity contribution < 1.29 is 23.2 Å². The number of hydrogen-bond acceptors (Lipinski definition) is 5. The molecule has 0 amide bonds. The Labute approximate surface area is 177 Å². The minimum Gasteiger partial charge on any atom is -0.454 e. The topological polar surface area (TPSA) is 74.3 Å². The van der Waals surface area contributed by atoms with Crippen LogP contribution in [-0.2, 0) is 4.74 Å². The Morgan fingerprint density at radius 3 is 2.70 bits per heavy atom. The van der Waals surface area contributed by atoms with Crippen LogP contribution in [-0.4, -0.2) is 28.1 Å². The molecule has 2 heterocycles. The number of esters is 1. The fraction of sp³-hybridized carbons (Fsp3) is 0.318. The molecule has 30 heavy (non-hydrogen) atoms. The lowest BCUT2D eigenvalue weighted by atomic mass is 10.1. The van der Waals surface area contributed by atoms with Gasteiger partial charge in [0, 0.05) is 23.0 Å². The predicted molar refractivity (Wildman–Crippen MR) is 108 cm³/mol. The van der Waals surface area contributed by atoms with Gasteiger partial charge in [0.05, 0.1) is 10.6 Å². The molecule has 1 fully saturated rings. The number of aryl methyl sites for hydroxylation is 2. The van der Waals surface area contributed by atoms with Crippen LogP contribution in [0.25, 0.3) is 11.3 Å². The van der Waals surface area contributed by atoms with Crippen LogP contribution >= 0.6 is 11.6 Å². The average molecular weight is 431 g/mol. The van der Waals surface area contributed by atoms with Crippen LogP contribution in [0.2, 0.25) is 5.02 Å². The predicted octanol–water partition coefficient (Wildman–Crippen LogP) is 5.24. The molecule has 156 valence electrons. The van der Waals surface area contributed by atoms with Gasteiger partial charge in [-0.1, -0.05) is 22.8 Å². The minimum absolute atomic E-state index is 0.0535. The SMILES string of the molecule is Cc1onc(-c2c(F)cccc2Cl)c1C(=O)OCC(=O)c1cc(C)n(C2CC2)c1C. The van der Waals surface area contributed by atoms with Gasteiger partial charge in [0.2, 0.25) is 5.78 Å². The smallest absolute Gasteiger partial charge is 0.344 e. The van der Waals surface area contributed by atoms with E-state index in [1.165, 1.54) is 25.1 Å². The molecular formula is C22H20ClFN2O4. The molecule has 2 aromatic heterocycles. The normalized spacial score (nSPS) is 13.5. The number of halogens is 2. The third-order valence-corrected chi connectivity index (χ3v) is 5.61. The third kappa shape index (κ3) is 3.54. The number of ether oxygens (including phenoxy) is 1. The summed E-state index contributed by atoms with van der Waals surface area (Å²) in [6, 6.07) is 6.40. The van der Waals surface area contributed by atoms with Crippen molar-refractivity contribution in [3.63, 3.8) is 0 Å². The van der Waals surface area contributed by atoms with E-state index < -0.39 is 18.4 Å². The van der Waals surface area contributed by atoms with E-state index in [2.05, 4.69) is 9.72 Å². The third-order valence-electron chi connectivity index (χ3n) is 5.30. The molecule has 6 nitrogen and oxygen atoms in total. The number of hydrogen-bond donors (Lipinski definition) is 0. The quantitative estimate of drug-likeness (QED) is 0.395. The van der Waals surface area contributed by atoms with Crippen molar-refractivity contribution in [2.45, 2.75) is 39.7 Å². The number of carbonyl (C=O) groups is 2. The van der Waals surface area contributed by atoms with Crippen LogP contribution in [0.15, 0.2) is 28.8 Å². The molecule has 0 radical (unpaired) electrons. The highest BCUT2D eigenvalue weighted by Crippen LogP contribution is 2.38. The van der Waals surface area contributed by atoms with Crippen LogP contribution < -0.4 is 0 Å². The summed E-state index contributed by atoms with van der Waals surface area (Å²) in [5.41, 5.74) is 2.25. The highest BCUT2D eigenvalue weighted by molar-refractivity contribution is 6.33. The number of rotatable bonds is 6. The first-order chi connectivity index (χ1) is 14.3. The Balaban J connectivity index is 1.55. The lowest BCUT2D eigenvalue weighted by Gasteiger charge is -2.08. The second kappa shape index (κ2) is 7.72. The zero-order valence-electron chi connectivity index (χ0n) is 16.8.